The van der Waals surface area contributed by atoms with Crippen molar-refractivity contribution in [3.63, 3.8) is 0 Å². The molecule has 0 aromatic heterocycles. The Bertz CT molecular complexity index is 945. The molecule has 2 aromatic rings. The highest BCUT2D eigenvalue weighted by Crippen LogP contribution is 2.21. The molecule has 0 saturated heterocycles. The Labute approximate surface area is 192 Å². The van der Waals surface area contributed by atoms with Gasteiger partial charge in [0, 0.05) is 25.5 Å². The Kier molecular flexibility index (Phi) is 10.0. The molecule has 33 heavy (non-hydrogen) atoms. The molecule has 0 aliphatic carbocycles. The summed E-state index contributed by atoms with van der Waals surface area (Å²) >= 11 is 0. The first-order valence-electron chi connectivity index (χ1n) is 10.4. The molecule has 0 fully saturated rings. The fraction of sp³-hybridized carbons (Fsp3) is 0.333. The summed E-state index contributed by atoms with van der Waals surface area (Å²) in [4.78, 5) is 47.1. The van der Waals surface area contributed by atoms with Crippen molar-refractivity contribution >= 4 is 29.4 Å². The molecule has 3 N–H and O–H groups in total. The van der Waals surface area contributed by atoms with Crippen LogP contribution in [0.2, 0.25) is 0 Å². The van der Waals surface area contributed by atoms with Crippen LogP contribution in [0.15, 0.2) is 54.6 Å². The minimum atomic E-state index is -1.58. The second kappa shape index (κ2) is 13.0. The third kappa shape index (κ3) is 8.74. The van der Waals surface area contributed by atoms with E-state index >= 15 is 0 Å². The summed E-state index contributed by atoms with van der Waals surface area (Å²) in [6.45, 7) is 1.46. The van der Waals surface area contributed by atoms with Crippen LogP contribution in [0.4, 0.5) is 5.69 Å². The van der Waals surface area contributed by atoms with Gasteiger partial charge in [0.2, 0.25) is 11.8 Å². The largest absolute Gasteiger partial charge is 0.467 e. The number of aliphatic hydroxyl groups excluding tert-OH is 1. The minimum absolute atomic E-state index is 0.128. The maximum absolute atomic E-state index is 12.2. The number of benzene rings is 2. The highest BCUT2D eigenvalue weighted by molar-refractivity contribution is 5.91. The van der Waals surface area contributed by atoms with Crippen molar-refractivity contribution in [2.45, 2.75) is 44.9 Å². The Morgan fingerprint density at radius 3 is 2.24 bits per heavy atom. The molecule has 2 aromatic carbocycles. The van der Waals surface area contributed by atoms with Gasteiger partial charge in [0.25, 0.3) is 0 Å². The van der Waals surface area contributed by atoms with Crippen molar-refractivity contribution in [3.8, 4) is 0 Å². The lowest BCUT2D eigenvalue weighted by Crippen LogP contribution is -2.40. The molecule has 0 aliphatic rings. The summed E-state index contributed by atoms with van der Waals surface area (Å²) in [5.41, 5.74) is 1.85. The second-order valence-electron chi connectivity index (χ2n) is 7.32. The van der Waals surface area contributed by atoms with Crippen LogP contribution in [-0.2, 0) is 35.3 Å². The van der Waals surface area contributed by atoms with E-state index in [0.717, 1.165) is 12.7 Å². The summed E-state index contributed by atoms with van der Waals surface area (Å²) in [5, 5.41) is 15.4. The molecular weight excluding hydrogens is 428 g/mol. The molecule has 0 bridgehead atoms. The van der Waals surface area contributed by atoms with E-state index < -0.39 is 24.0 Å². The number of carbonyl (C=O) groups excluding carboxylic acids is 4. The normalized spacial score (nSPS) is 12.2. The van der Waals surface area contributed by atoms with Crippen LogP contribution in [0.5, 0.6) is 0 Å². The van der Waals surface area contributed by atoms with Crippen molar-refractivity contribution in [2.75, 3.05) is 12.4 Å². The Hall–Kier alpha value is -3.72. The molecular formula is C24H28N2O7. The van der Waals surface area contributed by atoms with Gasteiger partial charge >= 0.3 is 11.9 Å². The SMILES string of the molecule is COC(=O)[C@@H](O)[C@H](NC(C)=O)c1ccc(NC(=O)CCCC(=O)OCc2ccccc2)cc1. The Balaban J connectivity index is 1.81. The van der Waals surface area contributed by atoms with Gasteiger partial charge in [-0.3, -0.25) is 14.4 Å². The summed E-state index contributed by atoms with van der Waals surface area (Å²) < 4.78 is 9.72. The first-order valence-corrected chi connectivity index (χ1v) is 10.4. The number of rotatable bonds is 11. The van der Waals surface area contributed by atoms with Gasteiger partial charge in [-0.1, -0.05) is 42.5 Å². The van der Waals surface area contributed by atoms with E-state index in [2.05, 4.69) is 15.4 Å². The average molecular weight is 456 g/mol. The van der Waals surface area contributed by atoms with Gasteiger partial charge in [0.15, 0.2) is 6.10 Å². The highest BCUT2D eigenvalue weighted by Gasteiger charge is 2.29. The molecule has 9 heteroatoms. The van der Waals surface area contributed by atoms with Crippen molar-refractivity contribution in [3.05, 3.63) is 65.7 Å². The van der Waals surface area contributed by atoms with Crippen LogP contribution in [0.25, 0.3) is 0 Å². The van der Waals surface area contributed by atoms with Gasteiger partial charge in [0.1, 0.15) is 6.61 Å². The predicted molar refractivity (Wildman–Crippen MR) is 120 cm³/mol. The maximum Gasteiger partial charge on any atom is 0.337 e. The topological polar surface area (TPSA) is 131 Å². The second-order valence-corrected chi connectivity index (χ2v) is 7.32. The van der Waals surface area contributed by atoms with E-state index in [9.17, 15) is 24.3 Å². The molecule has 0 aliphatic heterocycles. The summed E-state index contributed by atoms with van der Waals surface area (Å²) in [5.74, 6) is -1.95. The molecule has 0 saturated carbocycles. The molecule has 0 unspecified atom stereocenters. The first kappa shape index (κ1) is 25.5. The fourth-order valence-corrected chi connectivity index (χ4v) is 3.02. The first-order chi connectivity index (χ1) is 15.8. The van der Waals surface area contributed by atoms with Crippen LogP contribution in [0, 0.1) is 0 Å². The average Bonchev–Trinajstić information content (AvgIpc) is 2.81. The number of methoxy groups -OCH3 is 1. The smallest absolute Gasteiger partial charge is 0.337 e. The third-order valence-corrected chi connectivity index (χ3v) is 4.70. The minimum Gasteiger partial charge on any atom is -0.467 e. The van der Waals surface area contributed by atoms with E-state index in [4.69, 9.17) is 4.74 Å². The van der Waals surface area contributed by atoms with Crippen LogP contribution < -0.4 is 10.6 Å². The van der Waals surface area contributed by atoms with Gasteiger partial charge in [-0.2, -0.15) is 0 Å². The number of amides is 2. The molecule has 9 nitrogen and oxygen atoms in total. The quantitative estimate of drug-likeness (QED) is 0.442. The number of hydrogen-bond acceptors (Lipinski definition) is 7. The van der Waals surface area contributed by atoms with Crippen LogP contribution >= 0.6 is 0 Å². The summed E-state index contributed by atoms with van der Waals surface area (Å²) in [6, 6.07) is 14.6. The number of nitrogens with one attached hydrogen (secondary N) is 2. The van der Waals surface area contributed by atoms with Crippen molar-refractivity contribution in [1.29, 1.82) is 0 Å². The lowest BCUT2D eigenvalue weighted by Gasteiger charge is -2.22. The molecule has 2 atom stereocenters. The summed E-state index contributed by atoms with van der Waals surface area (Å²) in [7, 11) is 1.14. The van der Waals surface area contributed by atoms with E-state index in [0.29, 0.717) is 17.7 Å². The molecule has 2 amide bonds. The number of esters is 2. The van der Waals surface area contributed by atoms with Crippen LogP contribution in [0.3, 0.4) is 0 Å². The van der Waals surface area contributed by atoms with Gasteiger partial charge in [0.05, 0.1) is 13.2 Å². The molecule has 0 heterocycles. The lowest BCUT2D eigenvalue weighted by atomic mass is 10.0. The van der Waals surface area contributed by atoms with Crippen molar-refractivity contribution in [2.24, 2.45) is 0 Å². The van der Waals surface area contributed by atoms with Crippen LogP contribution in [-0.4, -0.2) is 42.1 Å². The number of hydrogen-bond donors (Lipinski definition) is 3. The molecule has 0 radical (unpaired) electrons. The standard InChI is InChI=1S/C24H28N2O7/c1-16(27)25-22(23(30)24(31)32-2)18-11-13-19(14-12-18)26-20(28)9-6-10-21(29)33-15-17-7-4-3-5-8-17/h3-5,7-8,11-14,22-23,30H,6,9-10,15H2,1-2H3,(H,25,27)(H,26,28)/t22-,23+/m1/s1. The maximum atomic E-state index is 12.2. The summed E-state index contributed by atoms with van der Waals surface area (Å²) in [6.07, 6.45) is -0.977. The predicted octanol–water partition coefficient (Wildman–Crippen LogP) is 2.25. The lowest BCUT2D eigenvalue weighted by molar-refractivity contribution is -0.152. The molecule has 2 rings (SSSR count). The number of ether oxygens (including phenoxy) is 2. The number of anilines is 1. The fourth-order valence-electron chi connectivity index (χ4n) is 3.02. The number of carbonyl (C=O) groups is 4. The van der Waals surface area contributed by atoms with Gasteiger partial charge in [-0.05, 0) is 29.7 Å². The van der Waals surface area contributed by atoms with E-state index in [-0.39, 0.29) is 31.3 Å². The van der Waals surface area contributed by atoms with Gasteiger partial charge in [-0.25, -0.2) is 4.79 Å². The Morgan fingerprint density at radius 1 is 0.970 bits per heavy atom. The Morgan fingerprint density at radius 2 is 1.64 bits per heavy atom. The van der Waals surface area contributed by atoms with Crippen LogP contribution in [0.1, 0.15) is 43.4 Å². The highest BCUT2D eigenvalue weighted by atomic mass is 16.5. The van der Waals surface area contributed by atoms with Crippen molar-refractivity contribution in [1.82, 2.24) is 5.32 Å². The zero-order chi connectivity index (χ0) is 24.2. The third-order valence-electron chi connectivity index (χ3n) is 4.70. The zero-order valence-electron chi connectivity index (χ0n) is 18.6. The van der Waals surface area contributed by atoms with E-state index in [1.54, 1.807) is 24.3 Å². The van der Waals surface area contributed by atoms with Gasteiger partial charge in [-0.15, -0.1) is 0 Å². The monoisotopic (exact) mass is 456 g/mol. The zero-order valence-corrected chi connectivity index (χ0v) is 18.6. The van der Waals surface area contributed by atoms with E-state index in [1.165, 1.54) is 6.92 Å². The molecule has 0 spiro atoms. The van der Waals surface area contributed by atoms with Gasteiger partial charge < -0.3 is 25.2 Å². The number of aliphatic hydroxyl groups is 1. The van der Waals surface area contributed by atoms with Crippen molar-refractivity contribution < 1.29 is 33.8 Å². The molecule has 176 valence electrons. The van der Waals surface area contributed by atoms with E-state index in [1.807, 2.05) is 30.3 Å².